The van der Waals surface area contributed by atoms with Crippen LogP contribution < -0.4 is 5.32 Å². The Labute approximate surface area is 141 Å². The molecule has 6 heteroatoms. The van der Waals surface area contributed by atoms with E-state index in [9.17, 15) is 0 Å². The Balaban J connectivity index is 1.23. The van der Waals surface area contributed by atoms with Crippen molar-refractivity contribution >= 4 is 11.3 Å². The molecular formula is C17H24N4OS. The van der Waals surface area contributed by atoms with Gasteiger partial charge in [0, 0.05) is 29.9 Å². The molecule has 0 radical (unpaired) electrons. The zero-order valence-corrected chi connectivity index (χ0v) is 14.2. The SMILES string of the molecule is c1csc(CCN[C@H]2CCCN(Cc3noc(C4CC4)n3)C2)c1. The molecule has 0 unspecified atom stereocenters. The van der Waals surface area contributed by atoms with Crippen molar-refractivity contribution in [2.75, 3.05) is 19.6 Å². The van der Waals surface area contributed by atoms with E-state index in [1.54, 1.807) is 0 Å². The second-order valence-electron chi connectivity index (χ2n) is 6.68. The summed E-state index contributed by atoms with van der Waals surface area (Å²) in [5, 5.41) is 10.0. The van der Waals surface area contributed by atoms with E-state index in [-0.39, 0.29) is 0 Å². The Morgan fingerprint density at radius 2 is 2.30 bits per heavy atom. The molecule has 2 aliphatic rings. The normalized spacial score (nSPS) is 22.5. The lowest BCUT2D eigenvalue weighted by atomic mass is 10.1. The van der Waals surface area contributed by atoms with Gasteiger partial charge < -0.3 is 9.84 Å². The van der Waals surface area contributed by atoms with Crippen LogP contribution in [0.1, 0.15) is 48.2 Å². The maximum Gasteiger partial charge on any atom is 0.229 e. The minimum Gasteiger partial charge on any atom is -0.339 e. The van der Waals surface area contributed by atoms with Gasteiger partial charge in [-0.1, -0.05) is 11.2 Å². The number of hydrogen-bond acceptors (Lipinski definition) is 6. The summed E-state index contributed by atoms with van der Waals surface area (Å²) < 4.78 is 5.36. The molecule has 2 fully saturated rings. The summed E-state index contributed by atoms with van der Waals surface area (Å²) in [6, 6.07) is 4.93. The van der Waals surface area contributed by atoms with Gasteiger partial charge in [-0.25, -0.2) is 0 Å². The van der Waals surface area contributed by atoms with Crippen LogP contribution in [0.15, 0.2) is 22.0 Å². The highest BCUT2D eigenvalue weighted by Crippen LogP contribution is 2.38. The quantitative estimate of drug-likeness (QED) is 0.845. The van der Waals surface area contributed by atoms with E-state index in [0.717, 1.165) is 44.3 Å². The molecule has 0 bridgehead atoms. The number of nitrogens with one attached hydrogen (secondary N) is 1. The van der Waals surface area contributed by atoms with E-state index in [0.29, 0.717) is 12.0 Å². The van der Waals surface area contributed by atoms with Gasteiger partial charge in [0.25, 0.3) is 0 Å². The highest BCUT2D eigenvalue weighted by Gasteiger charge is 2.30. The molecule has 124 valence electrons. The molecule has 0 aromatic carbocycles. The Morgan fingerprint density at radius 3 is 3.13 bits per heavy atom. The predicted molar refractivity (Wildman–Crippen MR) is 90.6 cm³/mol. The number of thiophene rings is 1. The van der Waals surface area contributed by atoms with Gasteiger partial charge >= 0.3 is 0 Å². The highest BCUT2D eigenvalue weighted by atomic mass is 32.1. The lowest BCUT2D eigenvalue weighted by molar-refractivity contribution is 0.178. The van der Waals surface area contributed by atoms with Crippen LogP contribution in [0.4, 0.5) is 0 Å². The lowest BCUT2D eigenvalue weighted by Gasteiger charge is -2.32. The number of aromatic nitrogens is 2. The topological polar surface area (TPSA) is 54.2 Å². The van der Waals surface area contributed by atoms with Crippen LogP contribution in [0, 0.1) is 0 Å². The Hall–Kier alpha value is -1.24. The number of rotatable bonds is 7. The summed E-state index contributed by atoms with van der Waals surface area (Å²) in [7, 11) is 0. The minimum absolute atomic E-state index is 0.546. The molecule has 0 spiro atoms. The van der Waals surface area contributed by atoms with Crippen LogP contribution in [0.25, 0.3) is 0 Å². The van der Waals surface area contributed by atoms with E-state index < -0.39 is 0 Å². The zero-order valence-electron chi connectivity index (χ0n) is 13.4. The predicted octanol–water partition coefficient (Wildman–Crippen LogP) is 2.81. The summed E-state index contributed by atoms with van der Waals surface area (Å²) >= 11 is 1.84. The first kappa shape index (κ1) is 15.3. The second kappa shape index (κ2) is 7.11. The Kier molecular flexibility index (Phi) is 4.73. The van der Waals surface area contributed by atoms with Crippen LogP contribution in [0.5, 0.6) is 0 Å². The molecule has 5 nitrogen and oxygen atoms in total. The summed E-state index contributed by atoms with van der Waals surface area (Å²) in [6.07, 6.45) is 6.05. The second-order valence-corrected chi connectivity index (χ2v) is 7.71. The molecule has 4 rings (SSSR count). The van der Waals surface area contributed by atoms with Crippen molar-refractivity contribution in [2.24, 2.45) is 0 Å². The van der Waals surface area contributed by atoms with Crippen LogP contribution in [-0.2, 0) is 13.0 Å². The largest absolute Gasteiger partial charge is 0.339 e. The molecule has 3 heterocycles. The van der Waals surface area contributed by atoms with Crippen molar-refractivity contribution in [1.29, 1.82) is 0 Å². The summed E-state index contributed by atoms with van der Waals surface area (Å²) in [6.45, 7) is 4.10. The lowest BCUT2D eigenvalue weighted by Crippen LogP contribution is -2.45. The molecule has 1 atom stereocenters. The minimum atomic E-state index is 0.546. The monoisotopic (exact) mass is 332 g/mol. The molecule has 23 heavy (non-hydrogen) atoms. The van der Waals surface area contributed by atoms with Crippen LogP contribution in [-0.4, -0.2) is 40.7 Å². The van der Waals surface area contributed by atoms with Crippen molar-refractivity contribution in [1.82, 2.24) is 20.4 Å². The van der Waals surface area contributed by atoms with Gasteiger partial charge in [-0.05, 0) is 50.1 Å². The highest BCUT2D eigenvalue weighted by molar-refractivity contribution is 7.09. The molecule has 1 aliphatic carbocycles. The van der Waals surface area contributed by atoms with Crippen molar-refractivity contribution in [2.45, 2.75) is 50.6 Å². The summed E-state index contributed by atoms with van der Waals surface area (Å²) in [4.78, 5) is 8.46. The molecular weight excluding hydrogens is 308 g/mol. The fourth-order valence-corrected chi connectivity index (χ4v) is 3.96. The van der Waals surface area contributed by atoms with Crippen molar-refractivity contribution in [3.8, 4) is 0 Å². The van der Waals surface area contributed by atoms with Gasteiger partial charge in [-0.15, -0.1) is 11.3 Å². The molecule has 0 amide bonds. The average Bonchev–Trinajstić information content (AvgIpc) is 3.08. The fourth-order valence-electron chi connectivity index (χ4n) is 3.25. The first-order valence-corrected chi connectivity index (χ1v) is 9.55. The van der Waals surface area contributed by atoms with Crippen LogP contribution >= 0.6 is 11.3 Å². The molecule has 1 N–H and O–H groups in total. The van der Waals surface area contributed by atoms with Gasteiger partial charge in [0.1, 0.15) is 0 Å². The number of hydrogen-bond donors (Lipinski definition) is 1. The summed E-state index contributed by atoms with van der Waals surface area (Å²) in [5.41, 5.74) is 0. The number of nitrogens with zero attached hydrogens (tertiary/aromatic N) is 3. The fraction of sp³-hybridized carbons (Fsp3) is 0.647. The van der Waals surface area contributed by atoms with E-state index in [4.69, 9.17) is 4.52 Å². The van der Waals surface area contributed by atoms with Gasteiger partial charge in [0.15, 0.2) is 5.82 Å². The third-order valence-electron chi connectivity index (χ3n) is 4.67. The van der Waals surface area contributed by atoms with Crippen LogP contribution in [0.2, 0.25) is 0 Å². The van der Waals surface area contributed by atoms with Crippen molar-refractivity contribution in [3.05, 3.63) is 34.1 Å². The summed E-state index contributed by atoms with van der Waals surface area (Å²) in [5.74, 6) is 2.25. The number of piperidine rings is 1. The van der Waals surface area contributed by atoms with Gasteiger partial charge in [0.05, 0.1) is 6.54 Å². The average molecular weight is 332 g/mol. The van der Waals surface area contributed by atoms with Crippen molar-refractivity contribution < 1.29 is 4.52 Å². The Morgan fingerprint density at radius 1 is 1.35 bits per heavy atom. The van der Waals surface area contributed by atoms with Gasteiger partial charge in [0.2, 0.25) is 5.89 Å². The van der Waals surface area contributed by atoms with E-state index in [1.807, 2.05) is 11.3 Å². The third-order valence-corrected chi connectivity index (χ3v) is 5.60. The maximum absolute atomic E-state index is 5.36. The zero-order chi connectivity index (χ0) is 15.5. The Bertz CT molecular complexity index is 608. The van der Waals surface area contributed by atoms with Gasteiger partial charge in [-0.2, -0.15) is 4.98 Å². The first-order valence-electron chi connectivity index (χ1n) is 8.67. The molecule has 1 saturated carbocycles. The number of likely N-dealkylation sites (tertiary alicyclic amines) is 1. The molecule has 2 aromatic heterocycles. The van der Waals surface area contributed by atoms with E-state index in [1.165, 1.54) is 30.6 Å². The maximum atomic E-state index is 5.36. The van der Waals surface area contributed by atoms with E-state index in [2.05, 4.69) is 37.9 Å². The first-order chi connectivity index (χ1) is 11.4. The van der Waals surface area contributed by atoms with E-state index >= 15 is 0 Å². The van der Waals surface area contributed by atoms with Crippen LogP contribution in [0.3, 0.4) is 0 Å². The van der Waals surface area contributed by atoms with Crippen molar-refractivity contribution in [3.63, 3.8) is 0 Å². The molecule has 1 aliphatic heterocycles. The van der Waals surface area contributed by atoms with Gasteiger partial charge in [-0.3, -0.25) is 4.90 Å². The molecule has 1 saturated heterocycles. The smallest absolute Gasteiger partial charge is 0.229 e. The molecule has 2 aromatic rings. The standard InChI is InChI=1S/C17H24N4OS/c1-3-14(18-8-7-15-4-2-10-23-15)11-21(9-1)12-16-19-17(22-20-16)13-5-6-13/h2,4,10,13-14,18H,1,3,5-9,11-12H2/t14-/m0/s1. The third kappa shape index (κ3) is 4.19.